The van der Waals surface area contributed by atoms with Crippen LogP contribution in [0.4, 0.5) is 0 Å². The van der Waals surface area contributed by atoms with Crippen LogP contribution in [0.25, 0.3) is 0 Å². The monoisotopic (exact) mass is 1540 g/mol. The molecular formula is C86H168O17P2. The fraction of sp³-hybridized carbons (Fsp3) is 0.953. The molecule has 0 saturated heterocycles. The number of aliphatic hydroxyl groups excluding tert-OH is 1. The van der Waals surface area contributed by atoms with Crippen LogP contribution in [0, 0.1) is 17.8 Å². The minimum atomic E-state index is -4.97. The predicted molar refractivity (Wildman–Crippen MR) is 432 cm³/mol. The van der Waals surface area contributed by atoms with Crippen molar-refractivity contribution in [2.75, 3.05) is 39.6 Å². The van der Waals surface area contributed by atoms with Gasteiger partial charge in [-0.25, -0.2) is 9.13 Å². The minimum Gasteiger partial charge on any atom is -0.462 e. The molecule has 0 rings (SSSR count). The van der Waals surface area contributed by atoms with Crippen molar-refractivity contribution in [2.24, 2.45) is 17.8 Å². The molecule has 19 heteroatoms. The summed E-state index contributed by atoms with van der Waals surface area (Å²) in [7, 11) is -9.93. The van der Waals surface area contributed by atoms with Crippen LogP contribution in [-0.2, 0) is 65.4 Å². The van der Waals surface area contributed by atoms with Gasteiger partial charge in [-0.05, 0) is 43.4 Å². The summed E-state index contributed by atoms with van der Waals surface area (Å²) in [5, 5.41) is 10.7. The highest BCUT2D eigenvalue weighted by Gasteiger charge is 2.30. The van der Waals surface area contributed by atoms with Gasteiger partial charge in [0.15, 0.2) is 12.2 Å². The summed E-state index contributed by atoms with van der Waals surface area (Å²) < 4.78 is 68.9. The topological polar surface area (TPSA) is 237 Å². The van der Waals surface area contributed by atoms with Crippen LogP contribution in [0.1, 0.15) is 453 Å². The van der Waals surface area contributed by atoms with Gasteiger partial charge in [-0.3, -0.25) is 37.3 Å². The fourth-order valence-electron chi connectivity index (χ4n) is 13.4. The van der Waals surface area contributed by atoms with E-state index in [-0.39, 0.29) is 25.7 Å². The largest absolute Gasteiger partial charge is 0.472 e. The highest BCUT2D eigenvalue weighted by molar-refractivity contribution is 7.47. The molecule has 0 radical (unpaired) electrons. The van der Waals surface area contributed by atoms with Gasteiger partial charge in [0.25, 0.3) is 0 Å². The van der Waals surface area contributed by atoms with Gasteiger partial charge in [0.2, 0.25) is 0 Å². The zero-order chi connectivity index (χ0) is 77.2. The first-order valence-electron chi connectivity index (χ1n) is 44.3. The van der Waals surface area contributed by atoms with E-state index in [2.05, 4.69) is 48.5 Å². The first-order chi connectivity index (χ1) is 50.7. The summed E-state index contributed by atoms with van der Waals surface area (Å²) in [4.78, 5) is 73.2. The van der Waals surface area contributed by atoms with E-state index >= 15 is 0 Å². The van der Waals surface area contributed by atoms with E-state index in [9.17, 15) is 43.2 Å². The van der Waals surface area contributed by atoms with E-state index in [0.29, 0.717) is 25.7 Å². The number of hydrogen-bond acceptors (Lipinski definition) is 15. The van der Waals surface area contributed by atoms with Crippen LogP contribution in [0.15, 0.2) is 0 Å². The number of phosphoric acid groups is 2. The van der Waals surface area contributed by atoms with Crippen LogP contribution < -0.4 is 0 Å². The van der Waals surface area contributed by atoms with E-state index in [1.807, 2.05) is 0 Å². The normalized spacial score (nSPS) is 13.9. The van der Waals surface area contributed by atoms with Gasteiger partial charge < -0.3 is 33.8 Å². The number of unbranched alkanes of at least 4 members (excludes halogenated alkanes) is 52. The minimum absolute atomic E-state index is 0.107. The Kier molecular flexibility index (Phi) is 74.7. The lowest BCUT2D eigenvalue weighted by Gasteiger charge is -2.21. The van der Waals surface area contributed by atoms with Crippen LogP contribution in [-0.4, -0.2) is 96.7 Å². The fourth-order valence-corrected chi connectivity index (χ4v) is 14.9. The quantitative estimate of drug-likeness (QED) is 0.0222. The molecule has 624 valence electrons. The van der Waals surface area contributed by atoms with Crippen molar-refractivity contribution in [3.8, 4) is 0 Å². The van der Waals surface area contributed by atoms with Crippen molar-refractivity contribution in [1.29, 1.82) is 0 Å². The highest BCUT2D eigenvalue weighted by Crippen LogP contribution is 2.45. The number of esters is 4. The molecular weight excluding hydrogens is 1370 g/mol. The van der Waals surface area contributed by atoms with Crippen LogP contribution >= 0.6 is 15.6 Å². The van der Waals surface area contributed by atoms with Crippen molar-refractivity contribution in [2.45, 2.75) is 471 Å². The first kappa shape index (κ1) is 103. The van der Waals surface area contributed by atoms with E-state index in [1.165, 1.54) is 263 Å². The van der Waals surface area contributed by atoms with Crippen molar-refractivity contribution >= 4 is 39.5 Å². The van der Waals surface area contributed by atoms with Gasteiger partial charge in [-0.2, -0.15) is 0 Å². The van der Waals surface area contributed by atoms with Crippen LogP contribution in [0.5, 0.6) is 0 Å². The zero-order valence-electron chi connectivity index (χ0n) is 69.2. The molecule has 2 unspecified atom stereocenters. The Morgan fingerprint density at radius 1 is 0.257 bits per heavy atom. The van der Waals surface area contributed by atoms with Crippen LogP contribution in [0.2, 0.25) is 0 Å². The molecule has 105 heavy (non-hydrogen) atoms. The van der Waals surface area contributed by atoms with Crippen LogP contribution in [0.3, 0.4) is 0 Å². The second kappa shape index (κ2) is 76.1. The molecule has 0 heterocycles. The number of phosphoric ester groups is 2. The first-order valence-corrected chi connectivity index (χ1v) is 47.3. The Bertz CT molecular complexity index is 2030. The summed E-state index contributed by atoms with van der Waals surface area (Å²) >= 11 is 0. The van der Waals surface area contributed by atoms with Crippen molar-refractivity contribution < 1.29 is 80.2 Å². The summed E-state index contributed by atoms with van der Waals surface area (Å²) in [5.74, 6) is 0.289. The number of aliphatic hydroxyl groups is 1. The lowest BCUT2D eigenvalue weighted by Crippen LogP contribution is -2.30. The molecule has 0 fully saturated rings. The summed E-state index contributed by atoms with van der Waals surface area (Å²) in [6.45, 7) is 12.0. The highest BCUT2D eigenvalue weighted by atomic mass is 31.2. The number of rotatable bonds is 84. The average molecular weight is 1540 g/mol. The smallest absolute Gasteiger partial charge is 0.462 e. The number of ether oxygens (including phenoxy) is 4. The lowest BCUT2D eigenvalue weighted by molar-refractivity contribution is -0.161. The number of carbonyl (C=O) groups excluding carboxylic acids is 4. The van der Waals surface area contributed by atoms with Gasteiger partial charge in [-0.15, -0.1) is 0 Å². The molecule has 0 saturated carbocycles. The molecule has 0 spiro atoms. The molecule has 0 aliphatic rings. The summed E-state index contributed by atoms with van der Waals surface area (Å²) in [6.07, 6.45) is 66.6. The Morgan fingerprint density at radius 3 is 0.648 bits per heavy atom. The van der Waals surface area contributed by atoms with Gasteiger partial charge in [-0.1, -0.05) is 402 Å². The SMILES string of the molecule is CCCCCCCCCCCCCCC(=O)OC[C@H](COP(=O)(O)OC[C@H](O)COP(=O)(O)OC[C@@H](COC(=O)CCCCCCCCCCCCCCCCCC(C)C)OC(=O)CCCCCCCCCCCCCCCCCCCCC(C)C)OC(=O)CCCCCCCCCCCCCC(C)C. The lowest BCUT2D eigenvalue weighted by atomic mass is 10.0. The summed E-state index contributed by atoms with van der Waals surface area (Å²) in [6, 6.07) is 0. The molecule has 5 atom stereocenters. The molecule has 3 N–H and O–H groups in total. The van der Waals surface area contributed by atoms with Gasteiger partial charge in [0.1, 0.15) is 19.3 Å². The maximum absolute atomic E-state index is 13.2. The average Bonchev–Trinajstić information content (AvgIpc) is 0.909. The molecule has 17 nitrogen and oxygen atoms in total. The van der Waals surface area contributed by atoms with Gasteiger partial charge in [0, 0.05) is 25.7 Å². The Labute approximate surface area is 645 Å². The Balaban J connectivity index is 5.25. The third kappa shape index (κ3) is 79.9. The third-order valence-electron chi connectivity index (χ3n) is 20.1. The molecule has 0 aliphatic carbocycles. The summed E-state index contributed by atoms with van der Waals surface area (Å²) in [5.41, 5.74) is 0. The molecule has 0 aromatic heterocycles. The van der Waals surface area contributed by atoms with Crippen molar-refractivity contribution in [3.05, 3.63) is 0 Å². The number of carbonyl (C=O) groups is 4. The Morgan fingerprint density at radius 2 is 0.438 bits per heavy atom. The molecule has 0 amide bonds. The van der Waals surface area contributed by atoms with E-state index in [1.54, 1.807) is 0 Å². The van der Waals surface area contributed by atoms with Crippen molar-refractivity contribution in [1.82, 2.24) is 0 Å². The second-order valence-electron chi connectivity index (χ2n) is 32.4. The van der Waals surface area contributed by atoms with E-state index in [4.69, 9.17) is 37.0 Å². The van der Waals surface area contributed by atoms with Gasteiger partial charge in [0.05, 0.1) is 26.4 Å². The van der Waals surface area contributed by atoms with E-state index in [0.717, 1.165) is 108 Å². The second-order valence-corrected chi connectivity index (χ2v) is 35.3. The zero-order valence-corrected chi connectivity index (χ0v) is 71.0. The molecule has 0 aromatic carbocycles. The van der Waals surface area contributed by atoms with Gasteiger partial charge >= 0.3 is 39.5 Å². The van der Waals surface area contributed by atoms with Crippen molar-refractivity contribution in [3.63, 3.8) is 0 Å². The standard InChI is InChI=1S/C86H168O17P2/c1-8-9-10-11-12-13-14-32-39-46-53-60-67-83(88)96-73-82(103-86(91)70-63-56-49-42-35-28-31-38-45-52-59-66-79(6)7)76-101-105(94,95)99-72-80(87)71-98-104(92,93)100-75-81(74-97-84(89)68-61-54-47-40-33-26-23-19-21-25-30-37-44-51-58-65-78(4)5)102-85(90)69-62-55-48-41-34-27-22-18-16-15-17-20-24-29-36-43-50-57-64-77(2)3/h77-82,87H,8-76H2,1-7H3,(H,92,93)(H,94,95)/t80-,81-,82-/m1/s1. The predicted octanol–water partition coefficient (Wildman–Crippen LogP) is 26.1. The maximum Gasteiger partial charge on any atom is 0.472 e. The number of hydrogen-bond donors (Lipinski definition) is 3. The van der Waals surface area contributed by atoms with E-state index < -0.39 is 97.5 Å². The molecule has 0 aliphatic heterocycles. The third-order valence-corrected chi connectivity index (χ3v) is 22.0. The molecule has 0 aromatic rings. The molecule has 0 bridgehead atoms. The Hall–Kier alpha value is -1.94. The maximum atomic E-state index is 13.2.